The summed E-state index contributed by atoms with van der Waals surface area (Å²) in [5.74, 6) is 0. The van der Waals surface area contributed by atoms with Crippen LogP contribution in [0.3, 0.4) is 0 Å². The number of para-hydroxylation sites is 1. The Morgan fingerprint density at radius 3 is 1.88 bits per heavy atom. The lowest BCUT2D eigenvalue weighted by atomic mass is 9.67. The SMILES string of the molecule is Clc1ccc2c(c1)C(c1ccccc1)(c1ccccc1)c1cc3c(cc1-2)oc1ccccc13. The highest BCUT2D eigenvalue weighted by atomic mass is 35.5. The predicted octanol–water partition coefficient (Wildman–Crippen LogP) is 8.60. The zero-order valence-electron chi connectivity index (χ0n) is 17.8. The van der Waals surface area contributed by atoms with Crippen LogP contribution in [-0.4, -0.2) is 0 Å². The number of benzene rings is 5. The molecule has 1 aromatic heterocycles. The summed E-state index contributed by atoms with van der Waals surface area (Å²) in [6.07, 6.45) is 0. The normalized spacial score (nSPS) is 13.8. The average Bonchev–Trinajstić information content (AvgIpc) is 3.36. The molecule has 0 aliphatic heterocycles. The lowest BCUT2D eigenvalue weighted by molar-refractivity contribution is 0.668. The molecule has 2 heteroatoms. The maximum atomic E-state index is 6.61. The van der Waals surface area contributed by atoms with Gasteiger partial charge in [-0.05, 0) is 63.7 Å². The molecule has 6 aromatic rings. The minimum atomic E-state index is -0.468. The van der Waals surface area contributed by atoms with Crippen molar-refractivity contribution in [3.05, 3.63) is 143 Å². The largest absolute Gasteiger partial charge is 0.456 e. The van der Waals surface area contributed by atoms with Crippen molar-refractivity contribution in [1.29, 1.82) is 0 Å². The molecule has 0 radical (unpaired) electrons. The van der Waals surface area contributed by atoms with Crippen LogP contribution in [0, 0.1) is 0 Å². The van der Waals surface area contributed by atoms with Crippen LogP contribution in [0.2, 0.25) is 5.02 Å². The first-order valence-corrected chi connectivity index (χ1v) is 11.5. The maximum absolute atomic E-state index is 6.61. The van der Waals surface area contributed by atoms with E-state index in [4.69, 9.17) is 16.0 Å². The van der Waals surface area contributed by atoms with Gasteiger partial charge in [0.05, 0.1) is 5.41 Å². The summed E-state index contributed by atoms with van der Waals surface area (Å²) < 4.78 is 6.27. The van der Waals surface area contributed by atoms with Gasteiger partial charge in [-0.2, -0.15) is 0 Å². The van der Waals surface area contributed by atoms with Crippen LogP contribution in [0.1, 0.15) is 22.3 Å². The first-order chi connectivity index (χ1) is 16.3. The van der Waals surface area contributed by atoms with Crippen molar-refractivity contribution in [3.63, 3.8) is 0 Å². The summed E-state index contributed by atoms with van der Waals surface area (Å²) in [7, 11) is 0. The van der Waals surface area contributed by atoms with E-state index >= 15 is 0 Å². The van der Waals surface area contributed by atoms with Gasteiger partial charge in [0.15, 0.2) is 0 Å². The molecule has 1 heterocycles. The Labute approximate surface area is 196 Å². The highest BCUT2D eigenvalue weighted by Gasteiger charge is 2.46. The minimum Gasteiger partial charge on any atom is -0.456 e. The van der Waals surface area contributed by atoms with Gasteiger partial charge in [0.2, 0.25) is 0 Å². The number of fused-ring (bicyclic) bond motifs is 6. The fourth-order valence-electron chi connectivity index (χ4n) is 5.68. The van der Waals surface area contributed by atoms with Crippen LogP contribution < -0.4 is 0 Å². The third-order valence-corrected chi connectivity index (χ3v) is 7.25. The molecule has 0 saturated carbocycles. The van der Waals surface area contributed by atoms with Crippen molar-refractivity contribution in [2.24, 2.45) is 0 Å². The molecule has 156 valence electrons. The maximum Gasteiger partial charge on any atom is 0.136 e. The fourth-order valence-corrected chi connectivity index (χ4v) is 5.85. The van der Waals surface area contributed by atoms with Crippen LogP contribution in [0.25, 0.3) is 33.1 Å². The van der Waals surface area contributed by atoms with Crippen molar-refractivity contribution in [1.82, 2.24) is 0 Å². The molecule has 0 atom stereocenters. The molecular weight excluding hydrogens is 424 g/mol. The third-order valence-electron chi connectivity index (χ3n) is 7.01. The van der Waals surface area contributed by atoms with E-state index in [0.29, 0.717) is 0 Å². The number of hydrogen-bond donors (Lipinski definition) is 0. The van der Waals surface area contributed by atoms with Crippen LogP contribution in [0.15, 0.2) is 120 Å². The Bertz CT molecular complexity index is 1620. The summed E-state index contributed by atoms with van der Waals surface area (Å²) >= 11 is 6.61. The summed E-state index contributed by atoms with van der Waals surface area (Å²) in [6.45, 7) is 0. The molecule has 0 unspecified atom stereocenters. The Kier molecular flexibility index (Phi) is 3.88. The zero-order valence-corrected chi connectivity index (χ0v) is 18.5. The number of halogens is 1. The van der Waals surface area contributed by atoms with Crippen molar-refractivity contribution in [3.8, 4) is 11.1 Å². The summed E-state index contributed by atoms with van der Waals surface area (Å²) in [4.78, 5) is 0. The van der Waals surface area contributed by atoms with Crippen LogP contribution in [0.5, 0.6) is 0 Å². The lowest BCUT2D eigenvalue weighted by Crippen LogP contribution is -2.28. The van der Waals surface area contributed by atoms with Crippen molar-refractivity contribution in [2.45, 2.75) is 5.41 Å². The molecule has 0 amide bonds. The van der Waals surface area contributed by atoms with E-state index in [1.165, 1.54) is 33.4 Å². The monoisotopic (exact) mass is 442 g/mol. The molecule has 1 nitrogen and oxygen atoms in total. The summed E-state index contributed by atoms with van der Waals surface area (Å²) in [5.41, 5.74) is 8.67. The second-order valence-corrected chi connectivity index (χ2v) is 9.10. The third kappa shape index (κ3) is 2.49. The molecule has 0 saturated heterocycles. The highest BCUT2D eigenvalue weighted by molar-refractivity contribution is 6.30. The van der Waals surface area contributed by atoms with Crippen LogP contribution in [-0.2, 0) is 5.41 Å². The van der Waals surface area contributed by atoms with Gasteiger partial charge >= 0.3 is 0 Å². The van der Waals surface area contributed by atoms with Crippen molar-refractivity contribution < 1.29 is 4.42 Å². The molecule has 1 aliphatic rings. The molecule has 1 aliphatic carbocycles. The first-order valence-electron chi connectivity index (χ1n) is 11.1. The van der Waals surface area contributed by atoms with Gasteiger partial charge in [-0.15, -0.1) is 0 Å². The average molecular weight is 443 g/mol. The van der Waals surface area contributed by atoms with E-state index in [9.17, 15) is 0 Å². The van der Waals surface area contributed by atoms with E-state index in [1.807, 2.05) is 18.2 Å². The van der Waals surface area contributed by atoms with Gasteiger partial charge in [0, 0.05) is 15.8 Å². The van der Waals surface area contributed by atoms with Gasteiger partial charge in [-0.25, -0.2) is 0 Å². The van der Waals surface area contributed by atoms with Gasteiger partial charge in [0.25, 0.3) is 0 Å². The predicted molar refractivity (Wildman–Crippen MR) is 136 cm³/mol. The van der Waals surface area contributed by atoms with E-state index in [-0.39, 0.29) is 0 Å². The van der Waals surface area contributed by atoms with E-state index < -0.39 is 5.41 Å². The molecule has 0 spiro atoms. The Hall–Kier alpha value is -3.81. The summed E-state index contributed by atoms with van der Waals surface area (Å²) in [6, 6.07) is 40.6. The quantitative estimate of drug-likeness (QED) is 0.261. The second-order valence-electron chi connectivity index (χ2n) is 8.66. The van der Waals surface area contributed by atoms with Crippen LogP contribution in [0.4, 0.5) is 0 Å². The number of furan rings is 1. The van der Waals surface area contributed by atoms with Gasteiger partial charge in [-0.3, -0.25) is 0 Å². The highest BCUT2D eigenvalue weighted by Crippen LogP contribution is 2.57. The Morgan fingerprint density at radius 2 is 1.15 bits per heavy atom. The van der Waals surface area contributed by atoms with Gasteiger partial charge in [0.1, 0.15) is 11.2 Å². The topological polar surface area (TPSA) is 13.1 Å². The van der Waals surface area contributed by atoms with Crippen molar-refractivity contribution >= 4 is 33.5 Å². The molecule has 33 heavy (non-hydrogen) atoms. The molecule has 7 rings (SSSR count). The van der Waals surface area contributed by atoms with Crippen molar-refractivity contribution in [2.75, 3.05) is 0 Å². The minimum absolute atomic E-state index is 0.468. The molecule has 0 fully saturated rings. The number of rotatable bonds is 2. The molecular formula is C31H19ClO. The first kappa shape index (κ1) is 18.7. The smallest absolute Gasteiger partial charge is 0.136 e. The van der Waals surface area contributed by atoms with Gasteiger partial charge in [-0.1, -0.05) is 96.5 Å². The fraction of sp³-hybridized carbons (Fsp3) is 0.0323. The van der Waals surface area contributed by atoms with E-state index in [0.717, 1.165) is 27.0 Å². The van der Waals surface area contributed by atoms with Crippen LogP contribution >= 0.6 is 11.6 Å². The second kappa shape index (κ2) is 6.84. The number of hydrogen-bond acceptors (Lipinski definition) is 1. The molecule has 0 N–H and O–H groups in total. The summed E-state index contributed by atoms with van der Waals surface area (Å²) in [5, 5.41) is 3.02. The van der Waals surface area contributed by atoms with Gasteiger partial charge < -0.3 is 4.42 Å². The molecule has 5 aromatic carbocycles. The zero-order chi connectivity index (χ0) is 22.0. The Balaban J connectivity index is 1.70. The molecule has 0 bridgehead atoms. The lowest BCUT2D eigenvalue weighted by Gasteiger charge is -2.34. The Morgan fingerprint density at radius 1 is 0.515 bits per heavy atom. The van der Waals surface area contributed by atoms with E-state index in [1.54, 1.807) is 0 Å². The standard InChI is InChI=1S/C31H19ClO/c32-22-15-16-23-25-19-30-26(24-13-7-8-14-29(24)33-30)18-28(25)31(27(23)17-22,20-9-3-1-4-10-20)21-11-5-2-6-12-21/h1-19H. The van der Waals surface area contributed by atoms with E-state index in [2.05, 4.69) is 97.1 Å².